The monoisotopic (exact) mass is 334 g/mol. The molecule has 2 aromatic heterocycles. The number of amides is 1. The van der Waals surface area contributed by atoms with Crippen molar-refractivity contribution in [3.05, 3.63) is 27.1 Å². The largest absolute Gasteiger partial charge is 0.341 e. The van der Waals surface area contributed by atoms with E-state index in [1.165, 1.54) is 0 Å². The van der Waals surface area contributed by atoms with Gasteiger partial charge in [-0.15, -0.1) is 11.3 Å². The van der Waals surface area contributed by atoms with E-state index in [-0.39, 0.29) is 17.5 Å². The fourth-order valence-corrected chi connectivity index (χ4v) is 3.98. The van der Waals surface area contributed by atoms with E-state index in [9.17, 15) is 9.59 Å². The fourth-order valence-electron chi connectivity index (χ4n) is 3.00. The molecule has 0 spiro atoms. The van der Waals surface area contributed by atoms with E-state index in [2.05, 4.69) is 10.3 Å². The van der Waals surface area contributed by atoms with Gasteiger partial charge in [-0.25, -0.2) is 4.98 Å². The zero-order valence-corrected chi connectivity index (χ0v) is 14.6. The summed E-state index contributed by atoms with van der Waals surface area (Å²) in [5.41, 5.74) is 0.951. The van der Waals surface area contributed by atoms with Crippen molar-refractivity contribution in [1.82, 2.24) is 19.8 Å². The number of aryl methyl sites for hydroxylation is 3. The number of carbonyl (C=O) groups excluding carboxylic acids is 1. The Morgan fingerprint density at radius 3 is 3.00 bits per heavy atom. The highest BCUT2D eigenvalue weighted by atomic mass is 32.1. The van der Waals surface area contributed by atoms with E-state index >= 15 is 0 Å². The molecule has 1 N–H and O–H groups in total. The molecule has 3 rings (SSSR count). The number of aromatic nitrogens is 2. The maximum Gasteiger partial charge on any atom is 0.262 e. The maximum atomic E-state index is 12.6. The quantitative estimate of drug-likeness (QED) is 0.915. The zero-order valence-electron chi connectivity index (χ0n) is 13.8. The Kier molecular flexibility index (Phi) is 4.50. The van der Waals surface area contributed by atoms with Gasteiger partial charge in [-0.3, -0.25) is 14.2 Å². The molecule has 23 heavy (non-hydrogen) atoms. The van der Waals surface area contributed by atoms with Crippen LogP contribution in [-0.2, 0) is 11.3 Å². The Labute approximate surface area is 139 Å². The predicted octanol–water partition coefficient (Wildman–Crippen LogP) is 1.29. The van der Waals surface area contributed by atoms with Crippen LogP contribution in [0.25, 0.3) is 10.2 Å². The first-order valence-corrected chi connectivity index (χ1v) is 8.72. The van der Waals surface area contributed by atoms with Gasteiger partial charge in [0.25, 0.3) is 5.56 Å². The summed E-state index contributed by atoms with van der Waals surface area (Å²) in [6.45, 7) is 6.13. The Bertz CT molecular complexity index is 789. The molecule has 0 bridgehead atoms. The first-order chi connectivity index (χ1) is 11.0. The number of fused-ring (bicyclic) bond motifs is 1. The van der Waals surface area contributed by atoms with E-state index in [1.54, 1.807) is 27.1 Å². The molecule has 6 nitrogen and oxygen atoms in total. The van der Waals surface area contributed by atoms with Crippen molar-refractivity contribution in [1.29, 1.82) is 0 Å². The summed E-state index contributed by atoms with van der Waals surface area (Å²) in [6.07, 6.45) is 2.87. The molecule has 1 atom stereocenters. The molecular weight excluding hydrogens is 312 g/mol. The zero-order chi connectivity index (χ0) is 16.6. The van der Waals surface area contributed by atoms with Crippen molar-refractivity contribution in [2.75, 3.05) is 20.1 Å². The number of hydrogen-bond donors (Lipinski definition) is 1. The van der Waals surface area contributed by atoms with Gasteiger partial charge < -0.3 is 10.2 Å². The van der Waals surface area contributed by atoms with E-state index in [1.807, 2.05) is 20.9 Å². The lowest BCUT2D eigenvalue weighted by molar-refractivity contribution is -0.131. The minimum Gasteiger partial charge on any atom is -0.341 e. The second-order valence-electron chi connectivity index (χ2n) is 6.11. The van der Waals surface area contributed by atoms with E-state index in [0.717, 1.165) is 34.8 Å². The number of carbonyl (C=O) groups is 1. The molecule has 1 aliphatic rings. The van der Waals surface area contributed by atoms with Crippen LogP contribution in [0.2, 0.25) is 0 Å². The van der Waals surface area contributed by atoms with Crippen molar-refractivity contribution in [2.24, 2.45) is 0 Å². The highest BCUT2D eigenvalue weighted by molar-refractivity contribution is 7.18. The van der Waals surface area contributed by atoms with Crippen LogP contribution in [0.4, 0.5) is 0 Å². The van der Waals surface area contributed by atoms with E-state index < -0.39 is 0 Å². The Morgan fingerprint density at radius 1 is 1.52 bits per heavy atom. The minimum absolute atomic E-state index is 0.0464. The number of nitrogens with one attached hydrogen (secondary N) is 1. The van der Waals surface area contributed by atoms with Gasteiger partial charge in [-0.05, 0) is 32.4 Å². The normalized spacial score (nSPS) is 17.8. The predicted molar refractivity (Wildman–Crippen MR) is 92.0 cm³/mol. The molecule has 7 heteroatoms. The standard InChI is InChI=1S/C16H22N4O2S/c1-10-11(2)23-15-14(10)16(22)20(9-18-15)7-5-13(21)19(3)12-4-6-17-8-12/h9,12,17H,4-8H2,1-3H3/t12-/m1/s1. The third-order valence-corrected chi connectivity index (χ3v) is 5.81. The molecular formula is C16H22N4O2S. The lowest BCUT2D eigenvalue weighted by Gasteiger charge is -2.23. The summed E-state index contributed by atoms with van der Waals surface area (Å²) < 4.78 is 1.56. The molecule has 0 saturated carbocycles. The molecule has 0 radical (unpaired) electrons. The van der Waals surface area contributed by atoms with E-state index in [0.29, 0.717) is 18.4 Å². The van der Waals surface area contributed by atoms with Gasteiger partial charge in [0.15, 0.2) is 0 Å². The average Bonchev–Trinajstić information content (AvgIpc) is 3.15. The van der Waals surface area contributed by atoms with Gasteiger partial charge in [0.2, 0.25) is 5.91 Å². The average molecular weight is 334 g/mol. The van der Waals surface area contributed by atoms with Crippen LogP contribution in [0, 0.1) is 13.8 Å². The third-order valence-electron chi connectivity index (χ3n) is 4.70. The molecule has 0 aromatic carbocycles. The maximum absolute atomic E-state index is 12.6. The molecule has 1 aliphatic heterocycles. The van der Waals surface area contributed by atoms with Gasteiger partial charge in [0, 0.05) is 37.5 Å². The van der Waals surface area contributed by atoms with Crippen molar-refractivity contribution >= 4 is 27.5 Å². The Morgan fingerprint density at radius 2 is 2.30 bits per heavy atom. The summed E-state index contributed by atoms with van der Waals surface area (Å²) in [5.74, 6) is 0.0731. The second-order valence-corrected chi connectivity index (χ2v) is 7.31. The van der Waals surface area contributed by atoms with Crippen molar-refractivity contribution in [3.8, 4) is 0 Å². The van der Waals surface area contributed by atoms with Crippen LogP contribution in [0.1, 0.15) is 23.3 Å². The molecule has 1 fully saturated rings. The summed E-state index contributed by atoms with van der Waals surface area (Å²) in [5, 5.41) is 3.95. The van der Waals surface area contributed by atoms with E-state index in [4.69, 9.17) is 0 Å². The summed E-state index contributed by atoms with van der Waals surface area (Å²) in [6, 6.07) is 0.265. The van der Waals surface area contributed by atoms with Crippen LogP contribution in [0.15, 0.2) is 11.1 Å². The summed E-state index contributed by atoms with van der Waals surface area (Å²) in [7, 11) is 1.84. The third kappa shape index (κ3) is 3.03. The number of thiophene rings is 1. The lowest BCUT2D eigenvalue weighted by Crippen LogP contribution is -2.39. The molecule has 2 aromatic rings. The van der Waals surface area contributed by atoms with Gasteiger partial charge in [-0.2, -0.15) is 0 Å². The van der Waals surface area contributed by atoms with Crippen LogP contribution in [0.5, 0.6) is 0 Å². The number of nitrogens with zero attached hydrogens (tertiary/aromatic N) is 3. The highest BCUT2D eigenvalue weighted by Crippen LogP contribution is 2.25. The van der Waals surface area contributed by atoms with Gasteiger partial charge in [0.1, 0.15) is 4.83 Å². The summed E-state index contributed by atoms with van der Waals surface area (Å²) in [4.78, 5) is 33.0. The molecule has 0 aliphatic carbocycles. The molecule has 1 amide bonds. The van der Waals surface area contributed by atoms with Gasteiger partial charge in [0.05, 0.1) is 11.7 Å². The van der Waals surface area contributed by atoms with Crippen molar-refractivity contribution in [2.45, 2.75) is 39.3 Å². The van der Waals surface area contributed by atoms with Crippen molar-refractivity contribution < 1.29 is 4.79 Å². The van der Waals surface area contributed by atoms with Gasteiger partial charge >= 0.3 is 0 Å². The molecule has 124 valence electrons. The Balaban J connectivity index is 1.74. The molecule has 0 unspecified atom stereocenters. The minimum atomic E-state index is -0.0464. The number of rotatable bonds is 4. The smallest absolute Gasteiger partial charge is 0.262 e. The first-order valence-electron chi connectivity index (χ1n) is 7.90. The first kappa shape index (κ1) is 16.1. The number of likely N-dealkylation sites (N-methyl/N-ethyl adjacent to an activating group) is 1. The summed E-state index contributed by atoms with van der Waals surface area (Å²) >= 11 is 1.54. The van der Waals surface area contributed by atoms with Crippen LogP contribution in [0.3, 0.4) is 0 Å². The molecule has 3 heterocycles. The van der Waals surface area contributed by atoms with Gasteiger partial charge in [-0.1, -0.05) is 0 Å². The highest BCUT2D eigenvalue weighted by Gasteiger charge is 2.23. The van der Waals surface area contributed by atoms with Crippen LogP contribution < -0.4 is 10.9 Å². The SMILES string of the molecule is Cc1sc2ncn(CCC(=O)N(C)[C@@H]3CCNC3)c(=O)c2c1C. The fraction of sp³-hybridized carbons (Fsp3) is 0.562. The van der Waals surface area contributed by atoms with Crippen LogP contribution >= 0.6 is 11.3 Å². The lowest BCUT2D eigenvalue weighted by atomic mass is 10.2. The molecule has 1 saturated heterocycles. The van der Waals surface area contributed by atoms with Crippen LogP contribution in [-0.4, -0.2) is 46.5 Å². The number of hydrogen-bond acceptors (Lipinski definition) is 5. The Hall–Kier alpha value is -1.73. The topological polar surface area (TPSA) is 67.2 Å². The second kappa shape index (κ2) is 6.41. The van der Waals surface area contributed by atoms with Crippen molar-refractivity contribution in [3.63, 3.8) is 0 Å².